The monoisotopic (exact) mass is 268 g/mol. The van der Waals surface area contributed by atoms with Gasteiger partial charge in [-0.1, -0.05) is 29.8 Å². The Labute approximate surface area is 118 Å². The number of fused-ring (bicyclic) bond motifs is 1. The average Bonchev–Trinajstić information content (AvgIpc) is 2.48. The van der Waals surface area contributed by atoms with E-state index in [0.717, 1.165) is 29.6 Å². The van der Waals surface area contributed by atoms with Gasteiger partial charge in [0.2, 0.25) is 0 Å². The molecule has 0 saturated carbocycles. The molecule has 1 aromatic carbocycles. The Kier molecular flexibility index (Phi) is 3.86. The van der Waals surface area contributed by atoms with E-state index >= 15 is 0 Å². The zero-order chi connectivity index (χ0) is 13.8. The second kappa shape index (κ2) is 5.95. The van der Waals surface area contributed by atoms with Gasteiger partial charge in [-0.15, -0.1) is 0 Å². The third kappa shape index (κ3) is 2.93. The van der Waals surface area contributed by atoms with E-state index in [-0.39, 0.29) is 5.56 Å². The Hall–Kier alpha value is -2.03. The average molecular weight is 268 g/mol. The second-order valence-corrected chi connectivity index (χ2v) is 5.38. The number of anilines is 1. The van der Waals surface area contributed by atoms with Crippen LogP contribution in [-0.2, 0) is 0 Å². The molecule has 1 aliphatic rings. The molecule has 0 bridgehead atoms. The number of aromatic amines is 1. The molecule has 0 aliphatic heterocycles. The number of H-pyrrole nitrogens is 1. The van der Waals surface area contributed by atoms with Crippen LogP contribution in [0.15, 0.2) is 46.8 Å². The molecule has 0 amide bonds. The van der Waals surface area contributed by atoms with Crippen LogP contribution in [0, 0.1) is 0 Å². The zero-order valence-electron chi connectivity index (χ0n) is 11.6. The van der Waals surface area contributed by atoms with Gasteiger partial charge in [0.25, 0.3) is 5.56 Å². The van der Waals surface area contributed by atoms with E-state index in [4.69, 9.17) is 0 Å². The highest BCUT2D eigenvalue weighted by Crippen LogP contribution is 2.20. The standard InChI is InChI=1S/C17H20N2O/c20-17-15-9-5-4-8-14(15)12-16(19-17)18-11-10-13-6-2-1-3-7-13/h4-6,8-9,12H,1-3,7,10-11H2,(H2,18,19,20). The summed E-state index contributed by atoms with van der Waals surface area (Å²) in [5, 5.41) is 5.05. The molecule has 0 atom stereocenters. The minimum atomic E-state index is -0.0255. The Morgan fingerprint density at radius 3 is 2.95 bits per heavy atom. The highest BCUT2D eigenvalue weighted by molar-refractivity contribution is 5.83. The fourth-order valence-electron chi connectivity index (χ4n) is 2.80. The number of hydrogen-bond donors (Lipinski definition) is 2. The van der Waals surface area contributed by atoms with Gasteiger partial charge in [-0.3, -0.25) is 4.79 Å². The zero-order valence-corrected chi connectivity index (χ0v) is 11.6. The number of nitrogens with one attached hydrogen (secondary N) is 2. The van der Waals surface area contributed by atoms with Gasteiger partial charge in [-0.25, -0.2) is 0 Å². The summed E-state index contributed by atoms with van der Waals surface area (Å²) in [6.07, 6.45) is 8.54. The maximum absolute atomic E-state index is 12.0. The van der Waals surface area contributed by atoms with Crippen molar-refractivity contribution >= 4 is 16.6 Å². The van der Waals surface area contributed by atoms with E-state index in [2.05, 4.69) is 16.4 Å². The largest absolute Gasteiger partial charge is 0.371 e. The van der Waals surface area contributed by atoms with Crippen LogP contribution in [0.5, 0.6) is 0 Å². The molecule has 3 nitrogen and oxygen atoms in total. The van der Waals surface area contributed by atoms with Gasteiger partial charge in [0.1, 0.15) is 5.82 Å². The van der Waals surface area contributed by atoms with Crippen LogP contribution >= 0.6 is 0 Å². The summed E-state index contributed by atoms with van der Waals surface area (Å²) in [5.41, 5.74) is 1.52. The van der Waals surface area contributed by atoms with E-state index in [1.807, 2.05) is 30.3 Å². The van der Waals surface area contributed by atoms with Crippen molar-refractivity contribution in [2.75, 3.05) is 11.9 Å². The molecular formula is C17H20N2O. The molecule has 104 valence electrons. The van der Waals surface area contributed by atoms with E-state index in [9.17, 15) is 4.79 Å². The first kappa shape index (κ1) is 13.0. The Bertz CT molecular complexity index is 685. The molecule has 0 saturated heterocycles. The van der Waals surface area contributed by atoms with Crippen molar-refractivity contribution in [3.8, 4) is 0 Å². The summed E-state index contributed by atoms with van der Waals surface area (Å²) in [6, 6.07) is 9.68. The smallest absolute Gasteiger partial charge is 0.257 e. The number of aromatic nitrogens is 1. The molecule has 1 aromatic heterocycles. The summed E-state index contributed by atoms with van der Waals surface area (Å²) < 4.78 is 0. The normalized spacial score (nSPS) is 15.1. The quantitative estimate of drug-likeness (QED) is 0.828. The molecule has 0 spiro atoms. The number of allylic oxidation sites excluding steroid dienone is 1. The topological polar surface area (TPSA) is 44.9 Å². The fourth-order valence-corrected chi connectivity index (χ4v) is 2.80. The lowest BCUT2D eigenvalue weighted by atomic mass is 9.97. The van der Waals surface area contributed by atoms with Crippen LogP contribution in [0.4, 0.5) is 5.82 Å². The van der Waals surface area contributed by atoms with Gasteiger partial charge in [0.05, 0.1) is 0 Å². The van der Waals surface area contributed by atoms with Gasteiger partial charge < -0.3 is 10.3 Å². The predicted octanol–water partition coefficient (Wildman–Crippen LogP) is 3.83. The van der Waals surface area contributed by atoms with Gasteiger partial charge in [-0.05, 0) is 49.6 Å². The van der Waals surface area contributed by atoms with Crippen LogP contribution in [0.25, 0.3) is 10.8 Å². The maximum atomic E-state index is 12.0. The number of rotatable bonds is 4. The molecule has 0 fully saturated rings. The maximum Gasteiger partial charge on any atom is 0.257 e. The first-order valence-electron chi connectivity index (χ1n) is 7.37. The predicted molar refractivity (Wildman–Crippen MR) is 84.2 cm³/mol. The van der Waals surface area contributed by atoms with Crippen molar-refractivity contribution in [1.29, 1.82) is 0 Å². The van der Waals surface area contributed by atoms with E-state index < -0.39 is 0 Å². The third-order valence-corrected chi connectivity index (χ3v) is 3.90. The minimum absolute atomic E-state index is 0.0255. The highest BCUT2D eigenvalue weighted by Gasteiger charge is 2.04. The number of hydrogen-bond acceptors (Lipinski definition) is 2. The Balaban J connectivity index is 1.68. The molecule has 3 rings (SSSR count). The van der Waals surface area contributed by atoms with Crippen LogP contribution < -0.4 is 10.9 Å². The van der Waals surface area contributed by atoms with Crippen molar-refractivity contribution in [3.05, 3.63) is 52.3 Å². The van der Waals surface area contributed by atoms with Crippen LogP contribution in [0.3, 0.4) is 0 Å². The molecule has 2 aromatic rings. The molecule has 3 heteroatoms. The summed E-state index contributed by atoms with van der Waals surface area (Å²) in [6.45, 7) is 0.875. The minimum Gasteiger partial charge on any atom is -0.371 e. The first-order chi connectivity index (χ1) is 9.83. The van der Waals surface area contributed by atoms with Gasteiger partial charge in [-0.2, -0.15) is 0 Å². The number of pyridine rings is 1. The van der Waals surface area contributed by atoms with Crippen molar-refractivity contribution in [2.45, 2.75) is 32.1 Å². The Morgan fingerprint density at radius 1 is 1.20 bits per heavy atom. The van der Waals surface area contributed by atoms with Crippen molar-refractivity contribution < 1.29 is 0 Å². The Morgan fingerprint density at radius 2 is 2.10 bits per heavy atom. The molecule has 2 N–H and O–H groups in total. The van der Waals surface area contributed by atoms with E-state index in [1.54, 1.807) is 5.57 Å². The lowest BCUT2D eigenvalue weighted by molar-refractivity contribution is 0.679. The molecule has 0 radical (unpaired) electrons. The first-order valence-corrected chi connectivity index (χ1v) is 7.37. The molecule has 1 heterocycles. The number of benzene rings is 1. The van der Waals surface area contributed by atoms with Crippen molar-refractivity contribution in [2.24, 2.45) is 0 Å². The third-order valence-electron chi connectivity index (χ3n) is 3.90. The van der Waals surface area contributed by atoms with E-state index in [1.165, 1.54) is 25.7 Å². The summed E-state index contributed by atoms with van der Waals surface area (Å²) in [5.74, 6) is 0.810. The summed E-state index contributed by atoms with van der Waals surface area (Å²) >= 11 is 0. The molecule has 20 heavy (non-hydrogen) atoms. The summed E-state index contributed by atoms with van der Waals surface area (Å²) in [7, 11) is 0. The lowest BCUT2D eigenvalue weighted by Gasteiger charge is -2.13. The van der Waals surface area contributed by atoms with Crippen molar-refractivity contribution in [1.82, 2.24) is 4.98 Å². The SMILES string of the molecule is O=c1[nH]c(NCCC2=CCCCC2)cc2ccccc12. The second-order valence-electron chi connectivity index (χ2n) is 5.38. The van der Waals surface area contributed by atoms with Crippen LogP contribution in [-0.4, -0.2) is 11.5 Å². The van der Waals surface area contributed by atoms with Gasteiger partial charge >= 0.3 is 0 Å². The van der Waals surface area contributed by atoms with Gasteiger partial charge in [0.15, 0.2) is 0 Å². The molecule has 0 unspecified atom stereocenters. The van der Waals surface area contributed by atoms with Crippen molar-refractivity contribution in [3.63, 3.8) is 0 Å². The lowest BCUT2D eigenvalue weighted by Crippen LogP contribution is -2.12. The van der Waals surface area contributed by atoms with E-state index in [0.29, 0.717) is 0 Å². The van der Waals surface area contributed by atoms with Crippen LogP contribution in [0.2, 0.25) is 0 Å². The summed E-state index contributed by atoms with van der Waals surface area (Å²) in [4.78, 5) is 14.9. The molecular weight excluding hydrogens is 248 g/mol. The van der Waals surface area contributed by atoms with Gasteiger partial charge in [0, 0.05) is 11.9 Å². The fraction of sp³-hybridized carbons (Fsp3) is 0.353. The molecule has 1 aliphatic carbocycles. The highest BCUT2D eigenvalue weighted by atomic mass is 16.1. The van der Waals surface area contributed by atoms with Crippen LogP contribution in [0.1, 0.15) is 32.1 Å².